The van der Waals surface area contributed by atoms with Crippen LogP contribution in [0.25, 0.3) is 0 Å². The molecule has 1 heterocycles. The van der Waals surface area contributed by atoms with E-state index in [1.807, 2.05) is 0 Å². The number of nitrogens with zero attached hydrogens (tertiary/aromatic N) is 1. The van der Waals surface area contributed by atoms with Crippen molar-refractivity contribution in [1.29, 1.82) is 0 Å². The van der Waals surface area contributed by atoms with E-state index in [0.717, 1.165) is 0 Å². The van der Waals surface area contributed by atoms with E-state index in [0.29, 0.717) is 31.0 Å². The summed E-state index contributed by atoms with van der Waals surface area (Å²) < 4.78 is 5.18. The Morgan fingerprint density at radius 1 is 1.47 bits per heavy atom. The van der Waals surface area contributed by atoms with E-state index in [2.05, 4.69) is 0 Å². The van der Waals surface area contributed by atoms with Gasteiger partial charge in [-0.15, -0.1) is 0 Å². The predicted molar refractivity (Wildman–Crippen MR) is 70.1 cm³/mol. The van der Waals surface area contributed by atoms with E-state index < -0.39 is 5.97 Å². The van der Waals surface area contributed by atoms with Gasteiger partial charge >= 0.3 is 5.97 Å². The number of nitrogens with two attached hydrogens (primary N) is 1. The number of rotatable bonds is 3. The molecule has 1 unspecified atom stereocenters. The number of carbonyl (C=O) groups excluding carboxylic acids is 1. The standard InChI is InChI=1S/C13H16N2O4/c1-15(12(16)8-4-5-19-7-8)11-3-2-9(14)6-10(11)13(17)18/h2-3,6,8H,4-5,7,14H2,1H3,(H,17,18). The van der Waals surface area contributed by atoms with Crippen molar-refractivity contribution < 1.29 is 19.4 Å². The number of hydrogen-bond donors (Lipinski definition) is 2. The fraction of sp³-hybridized carbons (Fsp3) is 0.385. The van der Waals surface area contributed by atoms with E-state index in [-0.39, 0.29) is 17.4 Å². The second-order valence-corrected chi connectivity index (χ2v) is 4.54. The molecule has 0 radical (unpaired) electrons. The number of benzene rings is 1. The Bertz CT molecular complexity index is 509. The van der Waals surface area contributed by atoms with Gasteiger partial charge in [0.25, 0.3) is 0 Å². The molecule has 2 rings (SSSR count). The van der Waals surface area contributed by atoms with Gasteiger partial charge in [0.15, 0.2) is 0 Å². The van der Waals surface area contributed by atoms with Crippen LogP contribution in [0.4, 0.5) is 11.4 Å². The van der Waals surface area contributed by atoms with Crippen LogP contribution in [0.5, 0.6) is 0 Å². The molecule has 6 nitrogen and oxygen atoms in total. The summed E-state index contributed by atoms with van der Waals surface area (Å²) >= 11 is 0. The Balaban J connectivity index is 2.29. The molecule has 1 aromatic carbocycles. The molecule has 1 aliphatic heterocycles. The molecule has 1 atom stereocenters. The van der Waals surface area contributed by atoms with Crippen molar-refractivity contribution in [3.63, 3.8) is 0 Å². The van der Waals surface area contributed by atoms with E-state index in [9.17, 15) is 9.59 Å². The molecular weight excluding hydrogens is 248 g/mol. The maximum absolute atomic E-state index is 12.2. The van der Waals surface area contributed by atoms with Crippen LogP contribution in [0.2, 0.25) is 0 Å². The zero-order chi connectivity index (χ0) is 14.0. The number of aromatic carboxylic acids is 1. The predicted octanol–water partition coefficient (Wildman–Crippen LogP) is 0.966. The summed E-state index contributed by atoms with van der Waals surface area (Å²) in [6.45, 7) is 0.957. The number of amides is 1. The minimum Gasteiger partial charge on any atom is -0.478 e. The van der Waals surface area contributed by atoms with Crippen molar-refractivity contribution in [1.82, 2.24) is 0 Å². The fourth-order valence-electron chi connectivity index (χ4n) is 2.14. The number of anilines is 2. The molecule has 0 bridgehead atoms. The number of nitrogen functional groups attached to an aromatic ring is 1. The lowest BCUT2D eigenvalue weighted by Gasteiger charge is -2.22. The third kappa shape index (κ3) is 2.68. The number of hydrogen-bond acceptors (Lipinski definition) is 4. The molecule has 102 valence electrons. The van der Waals surface area contributed by atoms with Crippen molar-refractivity contribution in [2.24, 2.45) is 5.92 Å². The zero-order valence-corrected chi connectivity index (χ0v) is 10.6. The molecule has 1 amide bonds. The summed E-state index contributed by atoms with van der Waals surface area (Å²) in [5, 5.41) is 9.17. The third-order valence-electron chi connectivity index (χ3n) is 3.22. The number of carbonyl (C=O) groups is 2. The van der Waals surface area contributed by atoms with Crippen LogP contribution in [0.15, 0.2) is 18.2 Å². The second kappa shape index (κ2) is 5.27. The van der Waals surface area contributed by atoms with Crippen LogP contribution < -0.4 is 10.6 Å². The topological polar surface area (TPSA) is 92.9 Å². The Morgan fingerprint density at radius 2 is 2.21 bits per heavy atom. The smallest absolute Gasteiger partial charge is 0.337 e. The van der Waals surface area contributed by atoms with Gasteiger partial charge in [0, 0.05) is 19.3 Å². The first-order chi connectivity index (χ1) is 9.00. The molecule has 1 saturated heterocycles. The molecule has 19 heavy (non-hydrogen) atoms. The Morgan fingerprint density at radius 3 is 2.79 bits per heavy atom. The molecule has 0 aromatic heterocycles. The summed E-state index contributed by atoms with van der Waals surface area (Å²) in [4.78, 5) is 24.8. The van der Waals surface area contributed by atoms with Crippen molar-refractivity contribution in [3.05, 3.63) is 23.8 Å². The minimum atomic E-state index is -1.11. The van der Waals surface area contributed by atoms with Crippen LogP contribution in [0.1, 0.15) is 16.8 Å². The molecule has 1 fully saturated rings. The van der Waals surface area contributed by atoms with Gasteiger partial charge in [-0.25, -0.2) is 4.79 Å². The minimum absolute atomic E-state index is 0.0229. The first kappa shape index (κ1) is 13.4. The molecule has 1 aliphatic rings. The molecular formula is C13H16N2O4. The van der Waals surface area contributed by atoms with Crippen LogP contribution in [0, 0.1) is 5.92 Å². The largest absolute Gasteiger partial charge is 0.478 e. The first-order valence-electron chi connectivity index (χ1n) is 5.99. The lowest BCUT2D eigenvalue weighted by atomic mass is 10.1. The second-order valence-electron chi connectivity index (χ2n) is 4.54. The van der Waals surface area contributed by atoms with Crippen molar-refractivity contribution in [2.75, 3.05) is 30.9 Å². The van der Waals surface area contributed by atoms with Gasteiger partial charge in [-0.2, -0.15) is 0 Å². The summed E-state index contributed by atoms with van der Waals surface area (Å²) in [5.41, 5.74) is 6.30. The van der Waals surface area contributed by atoms with E-state index in [1.165, 1.54) is 11.0 Å². The summed E-state index contributed by atoms with van der Waals surface area (Å²) in [7, 11) is 1.57. The van der Waals surface area contributed by atoms with Gasteiger partial charge in [0.05, 0.1) is 23.8 Å². The molecule has 6 heteroatoms. The lowest BCUT2D eigenvalue weighted by molar-refractivity contribution is -0.122. The van der Waals surface area contributed by atoms with Crippen molar-refractivity contribution >= 4 is 23.3 Å². The Labute approximate surface area is 110 Å². The van der Waals surface area contributed by atoms with Gasteiger partial charge < -0.3 is 20.5 Å². The molecule has 3 N–H and O–H groups in total. The van der Waals surface area contributed by atoms with Gasteiger partial charge in [-0.1, -0.05) is 0 Å². The summed E-state index contributed by atoms with van der Waals surface area (Å²) in [6.07, 6.45) is 0.667. The Hall–Kier alpha value is -2.08. The van der Waals surface area contributed by atoms with E-state index in [4.69, 9.17) is 15.6 Å². The normalized spacial score (nSPS) is 18.3. The number of carboxylic acid groups (broad SMARTS) is 1. The highest BCUT2D eigenvalue weighted by Crippen LogP contribution is 2.25. The highest BCUT2D eigenvalue weighted by Gasteiger charge is 2.28. The van der Waals surface area contributed by atoms with Gasteiger partial charge in [-0.3, -0.25) is 4.79 Å². The van der Waals surface area contributed by atoms with Gasteiger partial charge in [-0.05, 0) is 24.6 Å². The highest BCUT2D eigenvalue weighted by atomic mass is 16.5. The average molecular weight is 264 g/mol. The zero-order valence-electron chi connectivity index (χ0n) is 10.6. The van der Waals surface area contributed by atoms with E-state index in [1.54, 1.807) is 19.2 Å². The van der Waals surface area contributed by atoms with Crippen molar-refractivity contribution in [3.8, 4) is 0 Å². The monoisotopic (exact) mass is 264 g/mol. The molecule has 0 spiro atoms. The van der Waals surface area contributed by atoms with Crippen LogP contribution in [-0.2, 0) is 9.53 Å². The molecule has 0 saturated carbocycles. The van der Waals surface area contributed by atoms with Crippen molar-refractivity contribution in [2.45, 2.75) is 6.42 Å². The van der Waals surface area contributed by atoms with Crippen LogP contribution in [0.3, 0.4) is 0 Å². The number of carboxylic acids is 1. The van der Waals surface area contributed by atoms with Crippen LogP contribution >= 0.6 is 0 Å². The van der Waals surface area contributed by atoms with Gasteiger partial charge in [0.2, 0.25) is 5.91 Å². The molecule has 0 aliphatic carbocycles. The SMILES string of the molecule is CN(C(=O)C1CCOC1)c1ccc(N)cc1C(=O)O. The third-order valence-corrected chi connectivity index (χ3v) is 3.22. The van der Waals surface area contributed by atoms with Crippen LogP contribution in [-0.4, -0.2) is 37.2 Å². The molecule has 1 aromatic rings. The lowest BCUT2D eigenvalue weighted by Crippen LogP contribution is -2.34. The number of ether oxygens (including phenoxy) is 1. The average Bonchev–Trinajstić information content (AvgIpc) is 2.90. The highest BCUT2D eigenvalue weighted by molar-refractivity contribution is 6.03. The first-order valence-corrected chi connectivity index (χ1v) is 5.99. The summed E-state index contributed by atoms with van der Waals surface area (Å²) in [6, 6.07) is 4.48. The maximum Gasteiger partial charge on any atom is 0.337 e. The van der Waals surface area contributed by atoms with Gasteiger partial charge in [0.1, 0.15) is 0 Å². The fourth-order valence-corrected chi connectivity index (χ4v) is 2.14. The maximum atomic E-state index is 12.2. The summed E-state index contributed by atoms with van der Waals surface area (Å²) in [5.74, 6) is -1.45. The quantitative estimate of drug-likeness (QED) is 0.793. The Kier molecular flexibility index (Phi) is 3.71. The van der Waals surface area contributed by atoms with E-state index >= 15 is 0 Å².